The predicted octanol–water partition coefficient (Wildman–Crippen LogP) is 4.67. The van der Waals surface area contributed by atoms with Crippen LogP contribution in [-0.2, 0) is 51.3 Å². The first-order chi connectivity index (χ1) is 25.4. The van der Waals surface area contributed by atoms with Gasteiger partial charge < -0.3 is 19.3 Å². The van der Waals surface area contributed by atoms with Gasteiger partial charge in [0.05, 0.1) is 33.9 Å². The molecule has 5 heterocycles. The Morgan fingerprint density at radius 2 is 1.70 bits per heavy atom. The van der Waals surface area contributed by atoms with E-state index in [0.717, 1.165) is 33.2 Å². The molecule has 0 spiro atoms. The summed E-state index contributed by atoms with van der Waals surface area (Å²) in [5.74, 6) is -0.747. The van der Waals surface area contributed by atoms with Crippen LogP contribution in [0.4, 0.5) is 4.39 Å². The van der Waals surface area contributed by atoms with Crippen molar-refractivity contribution in [3.8, 4) is 11.4 Å². The summed E-state index contributed by atoms with van der Waals surface area (Å²) in [6, 6.07) is 22.1. The number of benzene rings is 3. The zero-order valence-electron chi connectivity index (χ0n) is 29.4. The van der Waals surface area contributed by atoms with E-state index in [9.17, 15) is 27.5 Å². The molecule has 5 aromatic rings. The number of ether oxygens (including phenoxy) is 1. The van der Waals surface area contributed by atoms with E-state index in [1.165, 1.54) is 12.1 Å². The molecule has 1 atom stereocenters. The van der Waals surface area contributed by atoms with Crippen LogP contribution in [0.3, 0.4) is 0 Å². The molecule has 3 aliphatic heterocycles. The minimum atomic E-state index is -4.01. The number of nitrogens with zero attached hydrogens (tertiary/aromatic N) is 5. The second-order valence-electron chi connectivity index (χ2n) is 13.9. The van der Waals surface area contributed by atoms with Crippen molar-refractivity contribution in [1.82, 2.24) is 19.4 Å². The number of hydrogen-bond acceptors (Lipinski definition) is 8. The molecular weight excluding hydrogens is 698 g/mol. The van der Waals surface area contributed by atoms with E-state index >= 15 is 0 Å². The van der Waals surface area contributed by atoms with Crippen LogP contribution in [0.1, 0.15) is 46.7 Å². The van der Waals surface area contributed by atoms with Crippen LogP contribution in [0, 0.1) is 12.7 Å². The summed E-state index contributed by atoms with van der Waals surface area (Å²) in [5.41, 5.74) is 3.90. The van der Waals surface area contributed by atoms with Crippen LogP contribution in [0.5, 0.6) is 0 Å². The number of amidine groups is 1. The highest BCUT2D eigenvalue weighted by Gasteiger charge is 2.45. The Balaban J connectivity index is 1.10. The van der Waals surface area contributed by atoms with Gasteiger partial charge in [0.25, 0.3) is 15.6 Å². The second kappa shape index (κ2) is 13.3. The Bertz CT molecular complexity index is 2480. The Labute approximate surface area is 306 Å². The summed E-state index contributed by atoms with van der Waals surface area (Å²) in [6.45, 7) is 6.41. The van der Waals surface area contributed by atoms with Crippen molar-refractivity contribution in [3.63, 3.8) is 0 Å². The van der Waals surface area contributed by atoms with Gasteiger partial charge in [0, 0.05) is 55.7 Å². The van der Waals surface area contributed by atoms with E-state index in [0.29, 0.717) is 49.9 Å². The Hall–Kier alpha value is -5.24. The van der Waals surface area contributed by atoms with Gasteiger partial charge in [0.2, 0.25) is 0 Å². The number of piperazine rings is 1. The van der Waals surface area contributed by atoms with Crippen LogP contribution in [0.15, 0.2) is 93.0 Å². The average molecular weight is 736 g/mol. The Morgan fingerprint density at radius 3 is 2.42 bits per heavy atom. The lowest BCUT2D eigenvalue weighted by atomic mass is 9.86. The van der Waals surface area contributed by atoms with Gasteiger partial charge in [-0.05, 0) is 60.9 Å². The standard InChI is InChI=1S/C40H38FN5O6S/c1-3-40(49)33-21-35-37-31(23-46(35)38(47)32(33)24-52-39(40)48)30(29-6-4-5-7-34(29)42-37)22-44-16-18-45(19-17-44)36(20-26-10-12-27(41)13-11-26)43-53(50,51)28-14-8-25(2)9-15-28/h4-15,21,49H,3,16-20,22-24H2,1-2H3/t40-/m0/s1. The fourth-order valence-electron chi connectivity index (χ4n) is 7.57. The third-order valence-electron chi connectivity index (χ3n) is 10.7. The van der Waals surface area contributed by atoms with Crippen LogP contribution in [0.2, 0.25) is 0 Å². The van der Waals surface area contributed by atoms with Crippen molar-refractivity contribution in [3.05, 3.63) is 128 Å². The number of pyridine rings is 2. The molecule has 53 heavy (non-hydrogen) atoms. The lowest BCUT2D eigenvalue weighted by Crippen LogP contribution is -2.49. The summed E-state index contributed by atoms with van der Waals surface area (Å²) < 4.78 is 52.0. The lowest BCUT2D eigenvalue weighted by Gasteiger charge is -2.37. The Kier molecular flexibility index (Phi) is 8.75. The van der Waals surface area contributed by atoms with Gasteiger partial charge in [-0.15, -0.1) is 4.40 Å². The van der Waals surface area contributed by atoms with Crippen molar-refractivity contribution >= 4 is 32.7 Å². The molecule has 2 aromatic heterocycles. The topological polar surface area (TPSA) is 134 Å². The number of carbonyl (C=O) groups excluding carboxylic acids is 1. The van der Waals surface area contributed by atoms with Crippen LogP contribution < -0.4 is 5.56 Å². The monoisotopic (exact) mass is 735 g/mol. The Morgan fingerprint density at radius 1 is 0.981 bits per heavy atom. The molecule has 1 saturated heterocycles. The molecule has 13 heteroatoms. The number of carbonyl (C=O) groups is 1. The van der Waals surface area contributed by atoms with E-state index in [2.05, 4.69) is 9.30 Å². The molecule has 11 nitrogen and oxygen atoms in total. The molecule has 3 aromatic carbocycles. The number of rotatable bonds is 7. The van der Waals surface area contributed by atoms with E-state index < -0.39 is 21.6 Å². The molecule has 272 valence electrons. The summed E-state index contributed by atoms with van der Waals surface area (Å²) in [7, 11) is -4.01. The second-order valence-corrected chi connectivity index (χ2v) is 15.5. The number of hydrogen-bond donors (Lipinski definition) is 1. The number of halogens is 1. The van der Waals surface area contributed by atoms with Crippen molar-refractivity contribution in [2.24, 2.45) is 4.40 Å². The van der Waals surface area contributed by atoms with E-state index in [1.807, 2.05) is 36.1 Å². The molecule has 0 unspecified atom stereocenters. The SMILES string of the molecule is CC[C@@]1(O)C(=O)OCc2c1cc1n(c2=O)Cc2c-1nc1ccccc1c2CN1CCN(C(Cc2ccc(F)cc2)=NS(=O)(=O)c2ccc(C)cc2)CC1. The summed E-state index contributed by atoms with van der Waals surface area (Å²) in [4.78, 5) is 35.9. The predicted molar refractivity (Wildman–Crippen MR) is 197 cm³/mol. The molecule has 0 radical (unpaired) electrons. The zero-order valence-corrected chi connectivity index (χ0v) is 30.2. The van der Waals surface area contributed by atoms with Crippen molar-refractivity contribution in [1.29, 1.82) is 0 Å². The largest absolute Gasteiger partial charge is 0.458 e. The van der Waals surface area contributed by atoms with Crippen LogP contribution >= 0.6 is 0 Å². The van der Waals surface area contributed by atoms with Gasteiger partial charge in [0.15, 0.2) is 5.60 Å². The molecule has 3 aliphatic rings. The number of cyclic esters (lactones) is 1. The molecule has 0 saturated carbocycles. The third kappa shape index (κ3) is 6.22. The number of aryl methyl sites for hydroxylation is 1. The number of para-hydroxylation sites is 1. The first kappa shape index (κ1) is 34.8. The van der Waals surface area contributed by atoms with Gasteiger partial charge in [-0.3, -0.25) is 9.69 Å². The minimum absolute atomic E-state index is 0.0607. The average Bonchev–Trinajstić information content (AvgIpc) is 3.53. The van der Waals surface area contributed by atoms with Crippen molar-refractivity contribution < 1.29 is 27.4 Å². The minimum Gasteiger partial charge on any atom is -0.458 e. The number of aromatic nitrogens is 2. The number of fused-ring (bicyclic) bond motifs is 5. The van der Waals surface area contributed by atoms with Gasteiger partial charge in [-0.25, -0.2) is 14.2 Å². The third-order valence-corrected chi connectivity index (χ3v) is 12.0. The number of aliphatic hydroxyl groups is 1. The maximum absolute atomic E-state index is 13.9. The lowest BCUT2D eigenvalue weighted by molar-refractivity contribution is -0.172. The molecule has 1 fully saturated rings. The van der Waals surface area contributed by atoms with Crippen LogP contribution in [-0.4, -0.2) is 70.9 Å². The van der Waals surface area contributed by atoms with E-state index in [-0.39, 0.29) is 53.4 Å². The fraction of sp³-hybridized carbons (Fsp3) is 0.300. The highest BCUT2D eigenvalue weighted by molar-refractivity contribution is 7.90. The maximum atomic E-state index is 13.9. The maximum Gasteiger partial charge on any atom is 0.343 e. The number of esters is 1. The summed E-state index contributed by atoms with van der Waals surface area (Å²) in [6.07, 6.45) is 0.278. The highest BCUT2D eigenvalue weighted by Crippen LogP contribution is 2.40. The van der Waals surface area contributed by atoms with Crippen molar-refractivity contribution in [2.45, 2.75) is 56.9 Å². The first-order valence-electron chi connectivity index (χ1n) is 17.6. The highest BCUT2D eigenvalue weighted by atomic mass is 32.2. The molecule has 0 amide bonds. The van der Waals surface area contributed by atoms with E-state index in [1.54, 1.807) is 54.0 Å². The molecule has 0 bridgehead atoms. The molecule has 0 aliphatic carbocycles. The van der Waals surface area contributed by atoms with Gasteiger partial charge >= 0.3 is 5.97 Å². The summed E-state index contributed by atoms with van der Waals surface area (Å²) in [5, 5.41) is 12.3. The quantitative estimate of drug-likeness (QED) is 0.141. The van der Waals surface area contributed by atoms with Crippen LogP contribution in [0.25, 0.3) is 22.3 Å². The molecular formula is C40H38FN5O6S. The van der Waals surface area contributed by atoms with E-state index in [4.69, 9.17) is 9.72 Å². The molecule has 1 N–H and O–H groups in total. The normalized spacial score (nSPS) is 18.8. The zero-order chi connectivity index (χ0) is 37.1. The van der Waals surface area contributed by atoms with Gasteiger partial charge in [-0.2, -0.15) is 8.42 Å². The van der Waals surface area contributed by atoms with Gasteiger partial charge in [0.1, 0.15) is 18.3 Å². The fourth-order valence-corrected chi connectivity index (χ4v) is 8.61. The van der Waals surface area contributed by atoms with Gasteiger partial charge in [-0.1, -0.05) is 55.0 Å². The first-order valence-corrected chi connectivity index (χ1v) is 19.1. The number of sulfonamides is 1. The molecule has 8 rings (SSSR count). The smallest absolute Gasteiger partial charge is 0.343 e. The summed E-state index contributed by atoms with van der Waals surface area (Å²) >= 11 is 0. The van der Waals surface area contributed by atoms with Crippen molar-refractivity contribution in [2.75, 3.05) is 26.2 Å².